The van der Waals surface area contributed by atoms with E-state index in [1.165, 1.54) is 0 Å². The fraction of sp³-hybridized carbons (Fsp3) is 0.222. The van der Waals surface area contributed by atoms with Crippen LogP contribution in [0.4, 0.5) is 0 Å². The third-order valence-corrected chi connectivity index (χ3v) is 5.75. The minimum Gasteiger partial charge on any atom is -0.387 e. The van der Waals surface area contributed by atoms with Crippen LogP contribution in [-0.2, 0) is 22.8 Å². The van der Waals surface area contributed by atoms with Gasteiger partial charge in [-0.25, -0.2) is 13.1 Å². The summed E-state index contributed by atoms with van der Waals surface area (Å²) >= 11 is 6.01. The zero-order chi connectivity index (χ0) is 18.0. The molecule has 0 saturated carbocycles. The molecule has 0 aliphatic carbocycles. The number of aryl methyl sites for hydroxylation is 1. The number of para-hydroxylation sites is 1. The highest BCUT2D eigenvalue weighted by Gasteiger charge is 2.19. The molecule has 1 aromatic heterocycles. The molecule has 0 spiro atoms. The largest absolute Gasteiger partial charge is 0.387 e. The van der Waals surface area contributed by atoms with E-state index >= 15 is 0 Å². The molecule has 0 radical (unpaired) electrons. The standard InChI is InChI=1S/C18H19ClN2O3S/c1-21-11-15(14-7-3-5-9-17(14)21)18(22)10-20-25(23,24)12-13-6-2-4-8-16(13)19/h2-9,11,18,20,22H,10,12H2,1H3. The molecule has 0 saturated heterocycles. The Hall–Kier alpha value is -1.86. The summed E-state index contributed by atoms with van der Waals surface area (Å²) in [5.41, 5.74) is 2.20. The van der Waals surface area contributed by atoms with Gasteiger partial charge in [-0.1, -0.05) is 48.0 Å². The maximum absolute atomic E-state index is 12.3. The van der Waals surface area contributed by atoms with Gasteiger partial charge in [0.1, 0.15) is 0 Å². The summed E-state index contributed by atoms with van der Waals surface area (Å²) in [6, 6.07) is 14.5. The molecule has 7 heteroatoms. The van der Waals surface area contributed by atoms with Crippen LogP contribution in [0.5, 0.6) is 0 Å². The minimum atomic E-state index is -3.61. The van der Waals surface area contributed by atoms with Gasteiger partial charge in [0.2, 0.25) is 10.0 Å². The molecule has 0 amide bonds. The summed E-state index contributed by atoms with van der Waals surface area (Å²) in [7, 11) is -1.72. The molecule has 1 heterocycles. The first-order chi connectivity index (χ1) is 11.9. The van der Waals surface area contributed by atoms with Crippen LogP contribution in [0.1, 0.15) is 17.2 Å². The first-order valence-electron chi connectivity index (χ1n) is 7.80. The van der Waals surface area contributed by atoms with Gasteiger partial charge in [0.05, 0.1) is 11.9 Å². The molecule has 1 atom stereocenters. The van der Waals surface area contributed by atoms with Crippen LogP contribution >= 0.6 is 11.6 Å². The van der Waals surface area contributed by atoms with Crippen LogP contribution in [0.25, 0.3) is 10.9 Å². The fourth-order valence-corrected chi connectivity index (χ4v) is 4.28. The van der Waals surface area contributed by atoms with Gasteiger partial charge in [0.15, 0.2) is 0 Å². The molecule has 0 aliphatic heterocycles. The van der Waals surface area contributed by atoms with E-state index in [4.69, 9.17) is 11.6 Å². The summed E-state index contributed by atoms with van der Waals surface area (Å²) in [5, 5.41) is 11.8. The van der Waals surface area contributed by atoms with Crippen molar-refractivity contribution in [2.75, 3.05) is 6.54 Å². The molecule has 25 heavy (non-hydrogen) atoms. The van der Waals surface area contributed by atoms with E-state index in [2.05, 4.69) is 4.72 Å². The van der Waals surface area contributed by atoms with E-state index in [1.807, 2.05) is 42.1 Å². The van der Waals surface area contributed by atoms with Crippen molar-refractivity contribution in [2.45, 2.75) is 11.9 Å². The Morgan fingerprint density at radius 3 is 2.60 bits per heavy atom. The number of nitrogens with one attached hydrogen (secondary N) is 1. The van der Waals surface area contributed by atoms with E-state index in [1.54, 1.807) is 24.3 Å². The summed E-state index contributed by atoms with van der Waals surface area (Å²) in [5.74, 6) is -0.227. The van der Waals surface area contributed by atoms with Crippen LogP contribution in [0.2, 0.25) is 5.02 Å². The molecule has 0 fully saturated rings. The summed E-state index contributed by atoms with van der Waals surface area (Å²) < 4.78 is 28.9. The topological polar surface area (TPSA) is 71.3 Å². The van der Waals surface area contributed by atoms with Crippen molar-refractivity contribution < 1.29 is 13.5 Å². The fourth-order valence-electron chi connectivity index (χ4n) is 2.83. The van der Waals surface area contributed by atoms with Crippen molar-refractivity contribution in [1.82, 2.24) is 9.29 Å². The van der Waals surface area contributed by atoms with Crippen molar-refractivity contribution in [3.8, 4) is 0 Å². The van der Waals surface area contributed by atoms with Gasteiger partial charge < -0.3 is 9.67 Å². The Labute approximate surface area is 151 Å². The highest BCUT2D eigenvalue weighted by Crippen LogP contribution is 2.26. The maximum atomic E-state index is 12.3. The Morgan fingerprint density at radius 1 is 1.16 bits per heavy atom. The van der Waals surface area contributed by atoms with Gasteiger partial charge in [0, 0.05) is 41.3 Å². The first-order valence-corrected chi connectivity index (χ1v) is 9.83. The first kappa shape index (κ1) is 17.9. The lowest BCUT2D eigenvalue weighted by Crippen LogP contribution is -2.29. The van der Waals surface area contributed by atoms with Crippen LogP contribution in [0, 0.1) is 0 Å². The van der Waals surface area contributed by atoms with Gasteiger partial charge in [-0.15, -0.1) is 0 Å². The third kappa shape index (κ3) is 4.04. The Bertz CT molecular complexity index is 998. The Morgan fingerprint density at radius 2 is 1.84 bits per heavy atom. The van der Waals surface area contributed by atoms with Crippen LogP contribution in [0.3, 0.4) is 0 Å². The van der Waals surface area contributed by atoms with Gasteiger partial charge in [-0.3, -0.25) is 0 Å². The van der Waals surface area contributed by atoms with E-state index in [0.29, 0.717) is 16.1 Å². The van der Waals surface area contributed by atoms with Crippen molar-refractivity contribution >= 4 is 32.5 Å². The number of aromatic nitrogens is 1. The number of halogens is 1. The van der Waals surface area contributed by atoms with E-state index < -0.39 is 16.1 Å². The average molecular weight is 379 g/mol. The molecule has 2 aromatic carbocycles. The zero-order valence-electron chi connectivity index (χ0n) is 13.7. The lowest BCUT2D eigenvalue weighted by atomic mass is 10.1. The average Bonchev–Trinajstić information content (AvgIpc) is 2.92. The predicted molar refractivity (Wildman–Crippen MR) is 100.0 cm³/mol. The monoisotopic (exact) mass is 378 g/mol. The number of rotatable bonds is 6. The molecule has 1 unspecified atom stereocenters. The zero-order valence-corrected chi connectivity index (χ0v) is 15.3. The number of fused-ring (bicyclic) bond motifs is 1. The molecular weight excluding hydrogens is 360 g/mol. The molecule has 3 rings (SSSR count). The van der Waals surface area contributed by atoms with Gasteiger partial charge in [-0.05, 0) is 17.7 Å². The number of hydrogen-bond acceptors (Lipinski definition) is 3. The van der Waals surface area contributed by atoms with Gasteiger partial charge in [0.25, 0.3) is 0 Å². The van der Waals surface area contributed by atoms with Crippen molar-refractivity contribution in [3.05, 3.63) is 70.9 Å². The minimum absolute atomic E-state index is 0.0964. The second-order valence-corrected chi connectivity index (χ2v) is 8.14. The number of nitrogens with zero attached hydrogens (tertiary/aromatic N) is 1. The molecule has 2 N–H and O–H groups in total. The van der Waals surface area contributed by atoms with E-state index in [0.717, 1.165) is 10.9 Å². The number of aliphatic hydroxyl groups is 1. The Balaban J connectivity index is 1.73. The SMILES string of the molecule is Cn1cc(C(O)CNS(=O)(=O)Cc2ccccc2Cl)c2ccccc21. The summed E-state index contributed by atoms with van der Waals surface area (Å²) in [6.45, 7) is -0.0964. The Kier molecular flexibility index (Phi) is 5.15. The second-order valence-electron chi connectivity index (χ2n) is 5.93. The van der Waals surface area contributed by atoms with Crippen molar-refractivity contribution in [1.29, 1.82) is 0 Å². The van der Waals surface area contributed by atoms with Crippen LogP contribution in [-0.4, -0.2) is 24.6 Å². The van der Waals surface area contributed by atoms with Crippen molar-refractivity contribution in [2.24, 2.45) is 7.05 Å². The molecule has 0 bridgehead atoms. The number of benzene rings is 2. The highest BCUT2D eigenvalue weighted by molar-refractivity contribution is 7.88. The quantitative estimate of drug-likeness (QED) is 0.692. The lowest BCUT2D eigenvalue weighted by molar-refractivity contribution is 0.183. The smallest absolute Gasteiger partial charge is 0.215 e. The van der Waals surface area contributed by atoms with Gasteiger partial charge >= 0.3 is 0 Å². The summed E-state index contributed by atoms with van der Waals surface area (Å²) in [4.78, 5) is 0. The predicted octanol–water partition coefficient (Wildman–Crippen LogP) is 2.98. The molecule has 0 aliphatic rings. The van der Waals surface area contributed by atoms with Gasteiger partial charge in [-0.2, -0.15) is 0 Å². The number of sulfonamides is 1. The summed E-state index contributed by atoms with van der Waals surface area (Å²) in [6.07, 6.45) is 0.879. The second kappa shape index (κ2) is 7.17. The lowest BCUT2D eigenvalue weighted by Gasteiger charge is -2.12. The third-order valence-electron chi connectivity index (χ3n) is 4.09. The van der Waals surface area contributed by atoms with Crippen LogP contribution < -0.4 is 4.72 Å². The maximum Gasteiger partial charge on any atom is 0.215 e. The van der Waals surface area contributed by atoms with Crippen LogP contribution in [0.15, 0.2) is 54.7 Å². The molecule has 5 nitrogen and oxygen atoms in total. The number of aliphatic hydroxyl groups excluding tert-OH is 1. The van der Waals surface area contributed by atoms with E-state index in [-0.39, 0.29) is 12.3 Å². The molecule has 132 valence electrons. The number of hydrogen-bond donors (Lipinski definition) is 2. The highest BCUT2D eigenvalue weighted by atomic mass is 35.5. The molecular formula is C18H19ClN2O3S. The molecule has 3 aromatic rings. The van der Waals surface area contributed by atoms with E-state index in [9.17, 15) is 13.5 Å². The normalized spacial score (nSPS) is 13.2. The van der Waals surface area contributed by atoms with Crippen molar-refractivity contribution in [3.63, 3.8) is 0 Å².